The van der Waals surface area contributed by atoms with Crippen molar-refractivity contribution in [2.75, 3.05) is 26.2 Å². The molecule has 0 unspecified atom stereocenters. The van der Waals surface area contributed by atoms with Gasteiger partial charge in [-0.3, -0.25) is 4.90 Å². The molecule has 2 aromatic rings. The molecule has 0 amide bonds. The number of thiophene rings is 1. The zero-order valence-electron chi connectivity index (χ0n) is 11.7. The van der Waals surface area contributed by atoms with Crippen molar-refractivity contribution in [3.63, 3.8) is 0 Å². The molecular weight excluding hydrogens is 349 g/mol. The van der Waals surface area contributed by atoms with Crippen molar-refractivity contribution >= 4 is 35.3 Å². The highest BCUT2D eigenvalue weighted by atomic mass is 35.5. The first-order chi connectivity index (χ1) is 10.1. The average Bonchev–Trinajstić information content (AvgIpc) is 2.85. The minimum Gasteiger partial charge on any atom is -0.314 e. The van der Waals surface area contributed by atoms with Crippen molar-refractivity contribution in [1.82, 2.24) is 10.2 Å². The number of hydrogen-bond acceptors (Lipinski definition) is 3. The maximum atomic E-state index is 13.6. The Bertz CT molecular complexity index is 610. The number of hydrogen-bond donors (Lipinski definition) is 1. The third-order valence-corrected chi connectivity index (χ3v) is 4.86. The van der Waals surface area contributed by atoms with Gasteiger partial charge >= 0.3 is 0 Å². The highest BCUT2D eigenvalue weighted by Crippen LogP contribution is 2.35. The quantitative estimate of drug-likeness (QED) is 0.881. The SMILES string of the molecule is Cl.Fc1cc(F)cc([C@@H](c2ccc(Cl)s2)N2CCNCC2)c1. The van der Waals surface area contributed by atoms with E-state index in [1.807, 2.05) is 12.1 Å². The fourth-order valence-electron chi connectivity index (χ4n) is 2.70. The summed E-state index contributed by atoms with van der Waals surface area (Å²) in [5.74, 6) is -1.10. The van der Waals surface area contributed by atoms with Gasteiger partial charge in [-0.2, -0.15) is 0 Å². The van der Waals surface area contributed by atoms with Crippen LogP contribution < -0.4 is 5.32 Å². The second kappa shape index (κ2) is 7.70. The van der Waals surface area contributed by atoms with E-state index in [0.717, 1.165) is 37.1 Å². The summed E-state index contributed by atoms with van der Waals surface area (Å²) in [5.41, 5.74) is 0.632. The zero-order valence-corrected chi connectivity index (χ0v) is 14.1. The third-order valence-electron chi connectivity index (χ3n) is 3.58. The van der Waals surface area contributed by atoms with Gasteiger partial charge in [-0.05, 0) is 29.8 Å². The first-order valence-electron chi connectivity index (χ1n) is 6.79. The van der Waals surface area contributed by atoms with E-state index in [4.69, 9.17) is 11.6 Å². The smallest absolute Gasteiger partial charge is 0.126 e. The topological polar surface area (TPSA) is 15.3 Å². The molecule has 120 valence electrons. The number of piperazine rings is 1. The fourth-order valence-corrected chi connectivity index (χ4v) is 3.93. The molecule has 7 heteroatoms. The Labute approximate surface area is 143 Å². The first kappa shape index (κ1) is 17.6. The van der Waals surface area contributed by atoms with Gasteiger partial charge in [-0.15, -0.1) is 23.7 Å². The monoisotopic (exact) mass is 364 g/mol. The lowest BCUT2D eigenvalue weighted by Gasteiger charge is -2.34. The Morgan fingerprint density at radius 1 is 1.09 bits per heavy atom. The Balaban J connectivity index is 0.00000176. The lowest BCUT2D eigenvalue weighted by molar-refractivity contribution is 0.200. The van der Waals surface area contributed by atoms with Crippen LogP contribution in [0.4, 0.5) is 8.78 Å². The Kier molecular flexibility index (Phi) is 6.17. The standard InChI is InChI=1S/C15H15ClF2N2S.ClH/c16-14-2-1-13(21-14)15(20-5-3-19-4-6-20)10-7-11(17)9-12(18)8-10;/h1-2,7-9,15,19H,3-6H2;1H/t15-;/m0./s1. The Morgan fingerprint density at radius 3 is 2.27 bits per heavy atom. The molecule has 1 aromatic carbocycles. The van der Waals surface area contributed by atoms with Crippen LogP contribution in [0.15, 0.2) is 30.3 Å². The highest BCUT2D eigenvalue weighted by molar-refractivity contribution is 7.16. The van der Waals surface area contributed by atoms with E-state index in [2.05, 4.69) is 10.2 Å². The second-order valence-electron chi connectivity index (χ2n) is 5.03. The van der Waals surface area contributed by atoms with Crippen LogP contribution in [-0.2, 0) is 0 Å². The maximum Gasteiger partial charge on any atom is 0.126 e. The number of halogens is 4. The summed E-state index contributed by atoms with van der Waals surface area (Å²) in [6.07, 6.45) is 0. The molecule has 1 saturated heterocycles. The Hall–Kier alpha value is -0.720. The van der Waals surface area contributed by atoms with Gasteiger partial charge in [0, 0.05) is 37.1 Å². The van der Waals surface area contributed by atoms with E-state index in [0.29, 0.717) is 9.90 Å². The summed E-state index contributed by atoms with van der Waals surface area (Å²) < 4.78 is 27.8. The van der Waals surface area contributed by atoms with E-state index in [1.54, 1.807) is 0 Å². The van der Waals surface area contributed by atoms with Crippen LogP contribution in [0.2, 0.25) is 4.34 Å². The largest absolute Gasteiger partial charge is 0.314 e. The van der Waals surface area contributed by atoms with E-state index < -0.39 is 11.6 Å². The predicted octanol–water partition coefficient (Wildman–Crippen LogP) is 4.10. The molecule has 0 bridgehead atoms. The summed E-state index contributed by atoms with van der Waals surface area (Å²) >= 11 is 7.49. The van der Waals surface area contributed by atoms with Gasteiger partial charge in [-0.25, -0.2) is 8.78 Å². The van der Waals surface area contributed by atoms with Gasteiger partial charge in [-0.1, -0.05) is 11.6 Å². The normalized spacial score (nSPS) is 17.0. The summed E-state index contributed by atoms with van der Waals surface area (Å²) in [7, 11) is 0. The van der Waals surface area contributed by atoms with Crippen LogP contribution in [0.1, 0.15) is 16.5 Å². The highest BCUT2D eigenvalue weighted by Gasteiger charge is 2.26. The van der Waals surface area contributed by atoms with Gasteiger partial charge < -0.3 is 5.32 Å². The lowest BCUT2D eigenvalue weighted by atomic mass is 10.0. The third kappa shape index (κ3) is 3.97. The van der Waals surface area contributed by atoms with Crippen LogP contribution in [0.5, 0.6) is 0 Å². The minimum atomic E-state index is -0.548. The number of rotatable bonds is 3. The molecule has 0 saturated carbocycles. The average molecular weight is 365 g/mol. The minimum absolute atomic E-state index is 0. The van der Waals surface area contributed by atoms with Crippen molar-refractivity contribution in [2.24, 2.45) is 0 Å². The zero-order chi connectivity index (χ0) is 14.8. The van der Waals surface area contributed by atoms with Crippen LogP contribution in [0.3, 0.4) is 0 Å². The van der Waals surface area contributed by atoms with Gasteiger partial charge in [0.25, 0.3) is 0 Å². The van der Waals surface area contributed by atoms with Crippen molar-refractivity contribution in [3.8, 4) is 0 Å². The molecule has 0 radical (unpaired) electrons. The number of nitrogens with one attached hydrogen (secondary N) is 1. The molecule has 2 nitrogen and oxygen atoms in total. The van der Waals surface area contributed by atoms with Crippen LogP contribution >= 0.6 is 35.3 Å². The molecule has 0 spiro atoms. The second-order valence-corrected chi connectivity index (χ2v) is 6.78. The van der Waals surface area contributed by atoms with E-state index in [9.17, 15) is 8.78 Å². The molecular formula is C15H16Cl2F2N2S. The maximum absolute atomic E-state index is 13.6. The summed E-state index contributed by atoms with van der Waals surface area (Å²) in [6, 6.07) is 7.32. The van der Waals surface area contributed by atoms with E-state index >= 15 is 0 Å². The van der Waals surface area contributed by atoms with Gasteiger partial charge in [0.2, 0.25) is 0 Å². The summed E-state index contributed by atoms with van der Waals surface area (Å²) in [4.78, 5) is 3.24. The lowest BCUT2D eigenvalue weighted by Crippen LogP contribution is -2.45. The Morgan fingerprint density at radius 2 is 1.73 bits per heavy atom. The van der Waals surface area contributed by atoms with Crippen LogP contribution in [-0.4, -0.2) is 31.1 Å². The number of nitrogens with zero attached hydrogens (tertiary/aromatic N) is 1. The van der Waals surface area contributed by atoms with Gasteiger partial charge in [0.15, 0.2) is 0 Å². The van der Waals surface area contributed by atoms with E-state index in [1.165, 1.54) is 23.5 Å². The van der Waals surface area contributed by atoms with Crippen molar-refractivity contribution in [2.45, 2.75) is 6.04 Å². The molecule has 0 aliphatic carbocycles. The molecule has 2 heterocycles. The van der Waals surface area contributed by atoms with Crippen LogP contribution in [0.25, 0.3) is 0 Å². The van der Waals surface area contributed by atoms with Gasteiger partial charge in [0.1, 0.15) is 11.6 Å². The van der Waals surface area contributed by atoms with Crippen molar-refractivity contribution in [1.29, 1.82) is 0 Å². The summed E-state index contributed by atoms with van der Waals surface area (Å²) in [6.45, 7) is 3.40. The van der Waals surface area contributed by atoms with Crippen LogP contribution in [0, 0.1) is 11.6 Å². The van der Waals surface area contributed by atoms with Crippen molar-refractivity contribution < 1.29 is 8.78 Å². The molecule has 1 fully saturated rings. The molecule has 1 aromatic heterocycles. The molecule has 1 N–H and O–H groups in total. The molecule has 22 heavy (non-hydrogen) atoms. The predicted molar refractivity (Wildman–Crippen MR) is 89.2 cm³/mol. The molecule has 3 rings (SSSR count). The van der Waals surface area contributed by atoms with E-state index in [-0.39, 0.29) is 18.4 Å². The van der Waals surface area contributed by atoms with Gasteiger partial charge in [0.05, 0.1) is 10.4 Å². The molecule has 1 aliphatic heterocycles. The van der Waals surface area contributed by atoms with Crippen molar-refractivity contribution in [3.05, 3.63) is 56.7 Å². The summed E-state index contributed by atoms with van der Waals surface area (Å²) in [5, 5.41) is 3.29. The first-order valence-corrected chi connectivity index (χ1v) is 7.99. The fraction of sp³-hybridized carbons (Fsp3) is 0.333. The molecule has 1 aliphatic rings. The molecule has 1 atom stereocenters. The number of benzene rings is 1.